The lowest BCUT2D eigenvalue weighted by Crippen LogP contribution is -2.36. The molecule has 0 aliphatic carbocycles. The number of carbonyl (C=O) groups excluding carboxylic acids is 3. The van der Waals surface area contributed by atoms with Crippen LogP contribution < -0.4 is 14.8 Å². The fourth-order valence-corrected chi connectivity index (χ4v) is 5.02. The van der Waals surface area contributed by atoms with E-state index in [1.54, 1.807) is 18.2 Å². The number of methoxy groups -OCH3 is 1. The van der Waals surface area contributed by atoms with Gasteiger partial charge in [-0.3, -0.25) is 19.3 Å². The highest BCUT2D eigenvalue weighted by Gasteiger charge is 2.37. The number of hydrogen-bond acceptors (Lipinski definition) is 6. The Kier molecular flexibility index (Phi) is 8.89. The van der Waals surface area contributed by atoms with E-state index in [1.165, 1.54) is 13.2 Å². The number of alkyl halides is 3. The normalized spacial score (nSPS) is 14.6. The molecule has 1 saturated heterocycles. The maximum atomic E-state index is 13.1. The minimum Gasteiger partial charge on any atom is -0.495 e. The molecule has 3 amide bonds. The monoisotopic (exact) mass is 634 g/mol. The largest absolute Gasteiger partial charge is 0.495 e. The molecule has 1 aliphatic heterocycles. The van der Waals surface area contributed by atoms with Crippen LogP contribution in [0.25, 0.3) is 6.08 Å². The van der Waals surface area contributed by atoms with Crippen LogP contribution in [0.15, 0.2) is 70.0 Å². The first-order valence-corrected chi connectivity index (χ1v) is 13.3. The summed E-state index contributed by atoms with van der Waals surface area (Å²) in [4.78, 5) is 38.8. The topological polar surface area (TPSA) is 84.9 Å². The Morgan fingerprint density at radius 1 is 1.05 bits per heavy atom. The van der Waals surface area contributed by atoms with Crippen LogP contribution in [0.3, 0.4) is 0 Å². The van der Waals surface area contributed by atoms with Gasteiger partial charge in [-0.05, 0) is 82.2 Å². The van der Waals surface area contributed by atoms with E-state index < -0.39 is 35.3 Å². The second-order valence-electron chi connectivity index (χ2n) is 8.69. The number of carbonyl (C=O) groups is 3. The van der Waals surface area contributed by atoms with Crippen LogP contribution in [-0.2, 0) is 22.4 Å². The molecule has 40 heavy (non-hydrogen) atoms. The van der Waals surface area contributed by atoms with Gasteiger partial charge in [0.2, 0.25) is 5.91 Å². The number of nitrogens with one attached hydrogen (secondary N) is 1. The molecule has 0 spiro atoms. The van der Waals surface area contributed by atoms with Crippen molar-refractivity contribution in [2.45, 2.75) is 19.7 Å². The predicted molar refractivity (Wildman–Crippen MR) is 149 cm³/mol. The van der Waals surface area contributed by atoms with Crippen molar-refractivity contribution in [3.63, 3.8) is 0 Å². The summed E-state index contributed by atoms with van der Waals surface area (Å²) in [6.45, 7) is 1.68. The molecule has 0 bridgehead atoms. The third-order valence-corrected chi connectivity index (χ3v) is 7.27. The van der Waals surface area contributed by atoms with Crippen molar-refractivity contribution in [1.82, 2.24) is 4.90 Å². The summed E-state index contributed by atoms with van der Waals surface area (Å²) < 4.78 is 50.8. The number of anilines is 1. The molecular formula is C28H22BrF3N2O5S. The van der Waals surface area contributed by atoms with E-state index in [1.807, 2.05) is 31.2 Å². The molecule has 3 aromatic carbocycles. The Morgan fingerprint density at radius 3 is 2.40 bits per heavy atom. The van der Waals surface area contributed by atoms with Gasteiger partial charge in [-0.1, -0.05) is 35.9 Å². The molecule has 1 aliphatic rings. The summed E-state index contributed by atoms with van der Waals surface area (Å²) in [5, 5.41) is 1.61. The molecule has 0 radical (unpaired) electrons. The number of ether oxygens (including phenoxy) is 2. The average Bonchev–Trinajstić information content (AvgIpc) is 3.15. The highest BCUT2D eigenvalue weighted by atomic mass is 79.9. The quantitative estimate of drug-likeness (QED) is 0.268. The van der Waals surface area contributed by atoms with Crippen molar-refractivity contribution < 1.29 is 37.0 Å². The fraction of sp³-hybridized carbons (Fsp3) is 0.179. The van der Waals surface area contributed by atoms with E-state index in [0.717, 1.165) is 34.2 Å². The smallest absolute Gasteiger partial charge is 0.416 e. The summed E-state index contributed by atoms with van der Waals surface area (Å²) >= 11 is 4.11. The van der Waals surface area contributed by atoms with E-state index >= 15 is 0 Å². The highest BCUT2D eigenvalue weighted by molar-refractivity contribution is 9.10. The molecule has 3 aromatic rings. The Morgan fingerprint density at radius 2 is 1.75 bits per heavy atom. The van der Waals surface area contributed by atoms with E-state index in [0.29, 0.717) is 34.2 Å². The van der Waals surface area contributed by atoms with Crippen LogP contribution in [0.4, 0.5) is 23.7 Å². The van der Waals surface area contributed by atoms with E-state index in [4.69, 9.17) is 9.47 Å². The van der Waals surface area contributed by atoms with Gasteiger partial charge in [-0.15, -0.1) is 0 Å². The Balaban J connectivity index is 1.42. The highest BCUT2D eigenvalue weighted by Crippen LogP contribution is 2.36. The van der Waals surface area contributed by atoms with Gasteiger partial charge in [0.15, 0.2) is 0 Å². The SMILES string of the molecule is COc1ccc(C(F)(F)F)cc1NC(=O)CN1C(=O)S/C(=C\c2ccc(OCc3ccc(C)cc3)c(Br)c2)C1=O. The minimum atomic E-state index is -4.64. The van der Waals surface area contributed by atoms with Crippen molar-refractivity contribution >= 4 is 56.5 Å². The maximum absolute atomic E-state index is 13.1. The van der Waals surface area contributed by atoms with Gasteiger partial charge in [0.1, 0.15) is 24.7 Å². The van der Waals surface area contributed by atoms with Gasteiger partial charge in [0.25, 0.3) is 11.1 Å². The zero-order valence-corrected chi connectivity index (χ0v) is 23.6. The molecule has 1 N–H and O–H groups in total. The van der Waals surface area contributed by atoms with Crippen molar-refractivity contribution in [2.24, 2.45) is 0 Å². The lowest BCUT2D eigenvalue weighted by molar-refractivity contribution is -0.137. The lowest BCUT2D eigenvalue weighted by Gasteiger charge is -2.16. The number of thioether (sulfide) groups is 1. The molecule has 0 atom stereocenters. The van der Waals surface area contributed by atoms with Gasteiger partial charge in [-0.25, -0.2) is 0 Å². The Labute approximate surface area is 240 Å². The van der Waals surface area contributed by atoms with Gasteiger partial charge in [0.05, 0.1) is 27.7 Å². The van der Waals surface area contributed by atoms with Crippen LogP contribution in [0.1, 0.15) is 22.3 Å². The van der Waals surface area contributed by atoms with Crippen LogP contribution in [-0.4, -0.2) is 35.6 Å². The van der Waals surface area contributed by atoms with Crippen LogP contribution in [0.2, 0.25) is 0 Å². The van der Waals surface area contributed by atoms with Crippen molar-refractivity contribution in [2.75, 3.05) is 19.0 Å². The van der Waals surface area contributed by atoms with Crippen molar-refractivity contribution in [1.29, 1.82) is 0 Å². The number of imide groups is 1. The van der Waals surface area contributed by atoms with Crippen molar-refractivity contribution in [3.05, 3.63) is 92.3 Å². The summed E-state index contributed by atoms with van der Waals surface area (Å²) in [6, 6.07) is 15.7. The summed E-state index contributed by atoms with van der Waals surface area (Å²) in [6.07, 6.45) is -3.13. The second-order valence-corrected chi connectivity index (χ2v) is 10.5. The number of hydrogen-bond donors (Lipinski definition) is 1. The third kappa shape index (κ3) is 7.05. The van der Waals surface area contributed by atoms with Crippen LogP contribution >= 0.6 is 27.7 Å². The molecule has 12 heteroatoms. The summed E-state index contributed by atoms with van der Waals surface area (Å²) in [5.41, 5.74) is 1.54. The zero-order chi connectivity index (χ0) is 29.0. The number of benzene rings is 3. The first-order valence-electron chi connectivity index (χ1n) is 11.7. The number of amides is 3. The molecule has 208 valence electrons. The van der Waals surface area contributed by atoms with E-state index in [-0.39, 0.29) is 16.3 Å². The lowest BCUT2D eigenvalue weighted by atomic mass is 10.1. The third-order valence-electron chi connectivity index (χ3n) is 5.74. The number of rotatable bonds is 8. The summed E-state index contributed by atoms with van der Waals surface area (Å²) in [7, 11) is 1.24. The molecule has 4 rings (SSSR count). The van der Waals surface area contributed by atoms with Gasteiger partial charge >= 0.3 is 6.18 Å². The Bertz CT molecular complexity index is 1490. The standard InChI is InChI=1S/C28H22BrF3N2O5S/c1-16-3-5-17(6-4-16)15-39-22-9-7-18(11-20(22)29)12-24-26(36)34(27(37)40-24)14-25(35)33-21-13-19(28(30,31)32)8-10-23(21)38-2/h3-13H,14-15H2,1-2H3,(H,33,35)/b24-12-. The predicted octanol–water partition coefficient (Wildman–Crippen LogP) is 7.04. The molecule has 1 heterocycles. The number of halogens is 4. The van der Waals surface area contributed by atoms with Gasteiger partial charge in [-0.2, -0.15) is 13.2 Å². The van der Waals surface area contributed by atoms with Crippen LogP contribution in [0.5, 0.6) is 11.5 Å². The second kappa shape index (κ2) is 12.2. The molecule has 7 nitrogen and oxygen atoms in total. The summed E-state index contributed by atoms with van der Waals surface area (Å²) in [5.74, 6) is -0.976. The zero-order valence-electron chi connectivity index (χ0n) is 21.2. The molecule has 0 aromatic heterocycles. The van der Waals surface area contributed by atoms with Crippen molar-refractivity contribution in [3.8, 4) is 11.5 Å². The molecular weight excluding hydrogens is 613 g/mol. The molecule has 0 saturated carbocycles. The first-order chi connectivity index (χ1) is 18.9. The maximum Gasteiger partial charge on any atom is 0.416 e. The first kappa shape index (κ1) is 29.2. The number of aryl methyl sites for hydroxylation is 1. The Hall–Kier alpha value is -3.77. The molecule has 0 unspecified atom stereocenters. The van der Waals surface area contributed by atoms with Crippen LogP contribution in [0, 0.1) is 6.92 Å². The van der Waals surface area contributed by atoms with E-state index in [9.17, 15) is 27.6 Å². The molecule has 1 fully saturated rings. The van der Waals surface area contributed by atoms with Gasteiger partial charge in [0, 0.05) is 0 Å². The average molecular weight is 635 g/mol. The van der Waals surface area contributed by atoms with Gasteiger partial charge < -0.3 is 14.8 Å². The number of nitrogens with zero attached hydrogens (tertiary/aromatic N) is 1. The minimum absolute atomic E-state index is 0.00717. The van der Waals surface area contributed by atoms with E-state index in [2.05, 4.69) is 21.2 Å². The fourth-order valence-electron chi connectivity index (χ4n) is 3.67.